The highest BCUT2D eigenvalue weighted by atomic mass is 35.5. The zero-order valence-electron chi connectivity index (χ0n) is 15.0. The minimum absolute atomic E-state index is 0.181. The number of hydrogen-bond acceptors (Lipinski definition) is 4. The summed E-state index contributed by atoms with van der Waals surface area (Å²) in [5, 5.41) is 3.06. The van der Waals surface area contributed by atoms with Gasteiger partial charge in [-0.25, -0.2) is 8.78 Å². The third kappa shape index (κ3) is 3.80. The van der Waals surface area contributed by atoms with Gasteiger partial charge in [0.25, 0.3) is 5.91 Å². The molecule has 0 bridgehead atoms. The zero-order chi connectivity index (χ0) is 20.6. The highest BCUT2D eigenvalue weighted by Gasteiger charge is 2.47. The molecule has 0 atom stereocenters. The number of pyridine rings is 1. The van der Waals surface area contributed by atoms with Crippen LogP contribution in [0.3, 0.4) is 0 Å². The van der Waals surface area contributed by atoms with Gasteiger partial charge in [0.1, 0.15) is 17.2 Å². The van der Waals surface area contributed by atoms with E-state index in [1.54, 1.807) is 18.3 Å². The maximum Gasteiger partial charge on any atom is 0.257 e. The zero-order valence-corrected chi connectivity index (χ0v) is 16.6. The molecule has 4 rings (SSSR count). The van der Waals surface area contributed by atoms with Crippen LogP contribution in [0.2, 0.25) is 5.02 Å². The molecule has 4 nitrogen and oxygen atoms in total. The molecule has 0 spiro atoms. The molecule has 1 N–H and O–H groups in total. The standard InChI is InChI=1S/C21H15ClF2N2O2S/c22-14-8-12(17-5-4-13(10-27)29-17)9-25-19(14)21(6-7-21)11-26-20(28)18-15(23)2-1-3-16(18)24/h1-5,8-10H,6-7,11H2,(H,26,28). The summed E-state index contributed by atoms with van der Waals surface area (Å²) in [4.78, 5) is 29.1. The third-order valence-corrected chi connectivity index (χ3v) is 6.35. The summed E-state index contributed by atoms with van der Waals surface area (Å²) in [6.07, 6.45) is 3.98. The molecule has 0 saturated heterocycles. The molecule has 2 aromatic heterocycles. The van der Waals surface area contributed by atoms with Crippen LogP contribution < -0.4 is 5.32 Å². The molecule has 1 aliphatic rings. The van der Waals surface area contributed by atoms with Crippen LogP contribution in [0.1, 0.15) is 38.6 Å². The van der Waals surface area contributed by atoms with Crippen molar-refractivity contribution in [3.63, 3.8) is 0 Å². The highest BCUT2D eigenvalue weighted by Crippen LogP contribution is 2.49. The van der Waals surface area contributed by atoms with E-state index in [9.17, 15) is 18.4 Å². The molecule has 0 unspecified atom stereocenters. The van der Waals surface area contributed by atoms with Crippen molar-refractivity contribution >= 4 is 35.1 Å². The quantitative estimate of drug-likeness (QED) is 0.556. The molecule has 2 heterocycles. The maximum absolute atomic E-state index is 13.8. The number of thiophene rings is 1. The first-order chi connectivity index (χ1) is 13.9. The van der Waals surface area contributed by atoms with Crippen molar-refractivity contribution in [2.45, 2.75) is 18.3 Å². The molecule has 148 valence electrons. The Morgan fingerprint density at radius 3 is 2.55 bits per heavy atom. The predicted octanol–water partition coefficient (Wildman–Crippen LogP) is 5.02. The average molecular weight is 433 g/mol. The lowest BCUT2D eigenvalue weighted by Gasteiger charge is -2.18. The molecule has 1 aromatic carbocycles. The van der Waals surface area contributed by atoms with Crippen LogP contribution >= 0.6 is 22.9 Å². The number of carbonyl (C=O) groups is 2. The normalized spacial score (nSPS) is 14.4. The Labute approximate surface area is 174 Å². The van der Waals surface area contributed by atoms with E-state index >= 15 is 0 Å². The van der Waals surface area contributed by atoms with Gasteiger partial charge < -0.3 is 5.32 Å². The van der Waals surface area contributed by atoms with Crippen molar-refractivity contribution in [1.29, 1.82) is 0 Å². The Kier molecular flexibility index (Phi) is 5.19. The number of aldehydes is 1. The monoisotopic (exact) mass is 432 g/mol. The van der Waals surface area contributed by atoms with Crippen molar-refractivity contribution in [3.8, 4) is 10.4 Å². The van der Waals surface area contributed by atoms with Gasteiger partial charge in [0, 0.05) is 28.6 Å². The molecule has 29 heavy (non-hydrogen) atoms. The number of benzene rings is 1. The van der Waals surface area contributed by atoms with Gasteiger partial charge in [-0.3, -0.25) is 14.6 Å². The average Bonchev–Trinajstić information content (AvgIpc) is 3.32. The van der Waals surface area contributed by atoms with E-state index in [0.717, 1.165) is 41.7 Å². The van der Waals surface area contributed by atoms with Crippen LogP contribution in [-0.4, -0.2) is 23.7 Å². The second-order valence-corrected chi connectivity index (χ2v) is 8.46. The van der Waals surface area contributed by atoms with Gasteiger partial charge in [0.2, 0.25) is 0 Å². The molecule has 1 saturated carbocycles. The predicted molar refractivity (Wildman–Crippen MR) is 108 cm³/mol. The summed E-state index contributed by atoms with van der Waals surface area (Å²) < 4.78 is 27.6. The third-order valence-electron chi connectivity index (χ3n) is 5.00. The molecule has 8 heteroatoms. The lowest BCUT2D eigenvalue weighted by atomic mass is 10.0. The number of rotatable bonds is 6. The fourth-order valence-corrected chi connectivity index (χ4v) is 4.41. The number of hydrogen-bond donors (Lipinski definition) is 1. The first-order valence-electron chi connectivity index (χ1n) is 8.87. The van der Waals surface area contributed by atoms with Crippen molar-refractivity contribution in [2.75, 3.05) is 6.54 Å². The van der Waals surface area contributed by atoms with E-state index in [1.165, 1.54) is 17.4 Å². The van der Waals surface area contributed by atoms with Crippen molar-refractivity contribution in [1.82, 2.24) is 10.3 Å². The number of nitrogens with one attached hydrogen (secondary N) is 1. The fourth-order valence-electron chi connectivity index (χ4n) is 3.24. The summed E-state index contributed by atoms with van der Waals surface area (Å²) in [6.45, 7) is 0.181. The molecule has 1 amide bonds. The first-order valence-corrected chi connectivity index (χ1v) is 10.1. The smallest absolute Gasteiger partial charge is 0.257 e. The Balaban J connectivity index is 1.52. The Hall–Kier alpha value is -2.64. The van der Waals surface area contributed by atoms with Gasteiger partial charge in [-0.2, -0.15) is 0 Å². The highest BCUT2D eigenvalue weighted by molar-refractivity contribution is 7.17. The molecular formula is C21H15ClF2N2O2S. The van der Waals surface area contributed by atoms with Crippen molar-refractivity contribution in [3.05, 3.63) is 75.4 Å². The number of halogens is 3. The van der Waals surface area contributed by atoms with E-state index < -0.39 is 28.5 Å². The minimum Gasteiger partial charge on any atom is -0.351 e. The Bertz CT molecular complexity index is 1090. The summed E-state index contributed by atoms with van der Waals surface area (Å²) in [5.74, 6) is -2.61. The molecular weight excluding hydrogens is 418 g/mol. The van der Waals surface area contributed by atoms with E-state index in [1.807, 2.05) is 6.07 Å². The van der Waals surface area contributed by atoms with Crippen molar-refractivity contribution < 1.29 is 18.4 Å². The van der Waals surface area contributed by atoms with E-state index in [2.05, 4.69) is 10.3 Å². The second-order valence-electron chi connectivity index (χ2n) is 6.93. The van der Waals surface area contributed by atoms with Gasteiger partial charge in [-0.1, -0.05) is 17.7 Å². The van der Waals surface area contributed by atoms with Crippen LogP contribution in [0.5, 0.6) is 0 Å². The van der Waals surface area contributed by atoms with E-state index in [-0.39, 0.29) is 6.54 Å². The summed E-state index contributed by atoms with van der Waals surface area (Å²) in [7, 11) is 0. The summed E-state index contributed by atoms with van der Waals surface area (Å²) in [6, 6.07) is 8.64. The summed E-state index contributed by atoms with van der Waals surface area (Å²) in [5.41, 5.74) is 0.395. The van der Waals surface area contributed by atoms with Gasteiger partial charge in [0.15, 0.2) is 6.29 Å². The van der Waals surface area contributed by atoms with Crippen LogP contribution in [0, 0.1) is 11.6 Å². The lowest BCUT2D eigenvalue weighted by Crippen LogP contribution is -2.34. The van der Waals surface area contributed by atoms with Crippen LogP contribution in [0.25, 0.3) is 10.4 Å². The Morgan fingerprint density at radius 1 is 1.24 bits per heavy atom. The number of aromatic nitrogens is 1. The van der Waals surface area contributed by atoms with E-state index in [4.69, 9.17) is 11.6 Å². The van der Waals surface area contributed by atoms with Crippen molar-refractivity contribution in [2.24, 2.45) is 0 Å². The van der Waals surface area contributed by atoms with Gasteiger partial charge in [-0.05, 0) is 43.2 Å². The van der Waals surface area contributed by atoms with Crippen LogP contribution in [-0.2, 0) is 5.41 Å². The van der Waals surface area contributed by atoms with Crippen LogP contribution in [0.15, 0.2) is 42.6 Å². The summed E-state index contributed by atoms with van der Waals surface area (Å²) >= 11 is 7.81. The largest absolute Gasteiger partial charge is 0.351 e. The maximum atomic E-state index is 13.8. The molecule has 0 aliphatic heterocycles. The first kappa shape index (κ1) is 19.7. The number of amides is 1. The fraction of sp³-hybridized carbons (Fsp3) is 0.190. The SMILES string of the molecule is O=Cc1ccc(-c2cnc(C3(CNC(=O)c4c(F)cccc4F)CC3)c(Cl)c2)s1. The Morgan fingerprint density at radius 2 is 1.97 bits per heavy atom. The molecule has 1 aliphatic carbocycles. The second kappa shape index (κ2) is 7.65. The number of nitrogens with zero attached hydrogens (tertiary/aromatic N) is 1. The molecule has 1 fully saturated rings. The van der Waals surface area contributed by atoms with E-state index in [0.29, 0.717) is 15.6 Å². The molecule has 0 radical (unpaired) electrons. The minimum atomic E-state index is -0.904. The van der Waals surface area contributed by atoms with Crippen LogP contribution in [0.4, 0.5) is 8.78 Å². The topological polar surface area (TPSA) is 59.1 Å². The molecule has 3 aromatic rings. The lowest BCUT2D eigenvalue weighted by molar-refractivity contribution is 0.0940. The van der Waals surface area contributed by atoms with Gasteiger partial charge >= 0.3 is 0 Å². The number of carbonyl (C=O) groups excluding carboxylic acids is 2. The van der Waals surface area contributed by atoms with Gasteiger partial charge in [-0.15, -0.1) is 11.3 Å². The van der Waals surface area contributed by atoms with Gasteiger partial charge in [0.05, 0.1) is 15.6 Å².